The van der Waals surface area contributed by atoms with Gasteiger partial charge in [0.2, 0.25) is 5.91 Å². The predicted octanol–water partition coefficient (Wildman–Crippen LogP) is 2.80. The second kappa shape index (κ2) is 3.93. The Bertz CT molecular complexity index is 848. The van der Waals surface area contributed by atoms with Crippen LogP contribution < -0.4 is 5.32 Å². The van der Waals surface area contributed by atoms with Gasteiger partial charge in [-0.1, -0.05) is 12.1 Å². The van der Waals surface area contributed by atoms with Crippen LogP contribution in [-0.2, 0) is 11.2 Å². The third-order valence-corrected chi connectivity index (χ3v) is 3.63. The maximum atomic E-state index is 11.4. The quantitative estimate of drug-likeness (QED) is 0.733. The van der Waals surface area contributed by atoms with Crippen LogP contribution in [0.2, 0.25) is 0 Å². The van der Waals surface area contributed by atoms with Gasteiger partial charge in [0.25, 0.3) is 0 Å². The van der Waals surface area contributed by atoms with E-state index in [2.05, 4.69) is 29.5 Å². The molecular formula is C16H13N3O. The highest BCUT2D eigenvalue weighted by Crippen LogP contribution is 2.28. The fraction of sp³-hybridized carbons (Fsp3) is 0.125. The average Bonchev–Trinajstić information content (AvgIpc) is 2.99. The molecule has 0 bridgehead atoms. The lowest BCUT2D eigenvalue weighted by Crippen LogP contribution is -2.03. The highest BCUT2D eigenvalue weighted by molar-refractivity contribution is 5.99. The Morgan fingerprint density at radius 1 is 1.20 bits per heavy atom. The van der Waals surface area contributed by atoms with Crippen LogP contribution in [0.15, 0.2) is 42.7 Å². The first kappa shape index (κ1) is 11.2. The number of hydrogen-bond donors (Lipinski definition) is 1. The molecule has 1 amide bonds. The monoisotopic (exact) mass is 263 g/mol. The van der Waals surface area contributed by atoms with Crippen LogP contribution in [0.25, 0.3) is 16.9 Å². The highest BCUT2D eigenvalue weighted by atomic mass is 16.1. The molecule has 4 nitrogen and oxygen atoms in total. The number of nitrogens with zero attached hydrogens (tertiary/aromatic N) is 2. The first-order valence-electron chi connectivity index (χ1n) is 6.57. The molecule has 20 heavy (non-hydrogen) atoms. The van der Waals surface area contributed by atoms with Crippen molar-refractivity contribution in [3.05, 3.63) is 53.9 Å². The van der Waals surface area contributed by atoms with Crippen molar-refractivity contribution in [1.29, 1.82) is 0 Å². The van der Waals surface area contributed by atoms with Gasteiger partial charge in [0.1, 0.15) is 5.65 Å². The summed E-state index contributed by atoms with van der Waals surface area (Å²) in [4.78, 5) is 16.0. The first-order valence-corrected chi connectivity index (χ1v) is 6.57. The molecule has 3 aromatic rings. The number of fused-ring (bicyclic) bond motifs is 2. The summed E-state index contributed by atoms with van der Waals surface area (Å²) in [5.41, 5.74) is 6.06. The van der Waals surface area contributed by atoms with E-state index in [0.29, 0.717) is 6.42 Å². The molecule has 98 valence electrons. The van der Waals surface area contributed by atoms with Gasteiger partial charge in [0.05, 0.1) is 12.1 Å². The lowest BCUT2D eigenvalue weighted by Gasteiger charge is -2.00. The minimum atomic E-state index is 0.0581. The number of anilines is 1. The van der Waals surface area contributed by atoms with Gasteiger partial charge in [-0.3, -0.25) is 4.79 Å². The topological polar surface area (TPSA) is 46.4 Å². The summed E-state index contributed by atoms with van der Waals surface area (Å²) in [7, 11) is 0. The molecule has 1 N–H and O–H groups in total. The van der Waals surface area contributed by atoms with E-state index in [-0.39, 0.29) is 5.91 Å². The van der Waals surface area contributed by atoms with Gasteiger partial charge in [0.15, 0.2) is 0 Å². The van der Waals surface area contributed by atoms with Crippen LogP contribution in [0.3, 0.4) is 0 Å². The Kier molecular flexibility index (Phi) is 2.21. The van der Waals surface area contributed by atoms with Gasteiger partial charge in [-0.05, 0) is 36.2 Å². The molecular weight excluding hydrogens is 250 g/mol. The van der Waals surface area contributed by atoms with E-state index >= 15 is 0 Å². The second-order valence-electron chi connectivity index (χ2n) is 5.19. The fourth-order valence-electron chi connectivity index (χ4n) is 2.63. The van der Waals surface area contributed by atoms with Gasteiger partial charge < -0.3 is 9.72 Å². The molecule has 1 aromatic carbocycles. The van der Waals surface area contributed by atoms with Gasteiger partial charge in [0, 0.05) is 23.6 Å². The standard InChI is InChI=1S/C16H13N3O/c1-10-2-5-15-17-14(9-19(15)8-10)11-3-4-13-12(6-11)7-16(20)18-13/h2-6,8-9H,7H2,1H3,(H,18,20). The lowest BCUT2D eigenvalue weighted by molar-refractivity contribution is -0.115. The second-order valence-corrected chi connectivity index (χ2v) is 5.19. The number of aryl methyl sites for hydroxylation is 1. The minimum absolute atomic E-state index is 0.0581. The van der Waals surface area contributed by atoms with Gasteiger partial charge in [-0.25, -0.2) is 4.98 Å². The van der Waals surface area contributed by atoms with Gasteiger partial charge >= 0.3 is 0 Å². The number of amides is 1. The molecule has 0 spiro atoms. The van der Waals surface area contributed by atoms with Crippen molar-refractivity contribution >= 4 is 17.2 Å². The number of hydrogen-bond acceptors (Lipinski definition) is 2. The van der Waals surface area contributed by atoms with E-state index in [1.165, 1.54) is 5.56 Å². The number of carbonyl (C=O) groups excluding carboxylic acids is 1. The zero-order valence-electron chi connectivity index (χ0n) is 11.1. The van der Waals surface area contributed by atoms with E-state index in [1.807, 2.05) is 34.9 Å². The van der Waals surface area contributed by atoms with Crippen molar-refractivity contribution in [3.8, 4) is 11.3 Å². The molecule has 4 heteroatoms. The third kappa shape index (κ3) is 1.69. The van der Waals surface area contributed by atoms with Crippen molar-refractivity contribution in [1.82, 2.24) is 9.38 Å². The molecule has 0 saturated carbocycles. The summed E-state index contributed by atoms with van der Waals surface area (Å²) >= 11 is 0. The van der Waals surface area contributed by atoms with E-state index in [0.717, 1.165) is 28.2 Å². The zero-order valence-corrected chi connectivity index (χ0v) is 11.1. The average molecular weight is 263 g/mol. The summed E-state index contributed by atoms with van der Waals surface area (Å²) in [5, 5.41) is 2.85. The SMILES string of the molecule is Cc1ccc2nc(-c3ccc4c(c3)CC(=O)N4)cn2c1. The third-order valence-electron chi connectivity index (χ3n) is 3.63. The largest absolute Gasteiger partial charge is 0.326 e. The van der Waals surface area contributed by atoms with Crippen LogP contribution in [0.5, 0.6) is 0 Å². The molecule has 0 saturated heterocycles. The molecule has 1 aliphatic rings. The number of nitrogens with one attached hydrogen (secondary N) is 1. The molecule has 0 aliphatic carbocycles. The first-order chi connectivity index (χ1) is 9.69. The van der Waals surface area contributed by atoms with Crippen LogP contribution in [-0.4, -0.2) is 15.3 Å². The van der Waals surface area contributed by atoms with Crippen LogP contribution >= 0.6 is 0 Å². The predicted molar refractivity (Wildman–Crippen MR) is 77.7 cm³/mol. The van der Waals surface area contributed by atoms with E-state index < -0.39 is 0 Å². The van der Waals surface area contributed by atoms with Crippen LogP contribution in [0.1, 0.15) is 11.1 Å². The van der Waals surface area contributed by atoms with Crippen LogP contribution in [0, 0.1) is 6.92 Å². The molecule has 2 aromatic heterocycles. The number of benzene rings is 1. The van der Waals surface area contributed by atoms with Gasteiger partial charge in [-0.2, -0.15) is 0 Å². The lowest BCUT2D eigenvalue weighted by atomic mass is 10.1. The summed E-state index contributed by atoms with van der Waals surface area (Å²) in [6.07, 6.45) is 4.54. The molecule has 1 aliphatic heterocycles. The summed E-state index contributed by atoms with van der Waals surface area (Å²) in [5.74, 6) is 0.0581. The summed E-state index contributed by atoms with van der Waals surface area (Å²) < 4.78 is 2.03. The molecule has 0 atom stereocenters. The number of aromatic nitrogens is 2. The Balaban J connectivity index is 1.83. The highest BCUT2D eigenvalue weighted by Gasteiger charge is 2.18. The van der Waals surface area contributed by atoms with Crippen molar-refractivity contribution in [2.24, 2.45) is 0 Å². The molecule has 0 fully saturated rings. The maximum absolute atomic E-state index is 11.4. The number of carbonyl (C=O) groups is 1. The van der Waals surface area contributed by atoms with Crippen molar-refractivity contribution in [2.75, 3.05) is 5.32 Å². The smallest absolute Gasteiger partial charge is 0.228 e. The number of pyridine rings is 1. The van der Waals surface area contributed by atoms with Crippen molar-refractivity contribution in [2.45, 2.75) is 13.3 Å². The maximum Gasteiger partial charge on any atom is 0.228 e. The van der Waals surface area contributed by atoms with E-state index in [9.17, 15) is 4.79 Å². The minimum Gasteiger partial charge on any atom is -0.326 e. The van der Waals surface area contributed by atoms with Crippen molar-refractivity contribution < 1.29 is 4.79 Å². The fourth-order valence-corrected chi connectivity index (χ4v) is 2.63. The normalized spacial score (nSPS) is 13.6. The molecule has 4 rings (SSSR count). The number of rotatable bonds is 1. The zero-order chi connectivity index (χ0) is 13.7. The Morgan fingerprint density at radius 3 is 3.00 bits per heavy atom. The summed E-state index contributed by atoms with van der Waals surface area (Å²) in [6, 6.07) is 10.1. The van der Waals surface area contributed by atoms with E-state index in [1.54, 1.807) is 0 Å². The van der Waals surface area contributed by atoms with E-state index in [4.69, 9.17) is 0 Å². The van der Waals surface area contributed by atoms with Crippen molar-refractivity contribution in [3.63, 3.8) is 0 Å². The molecule has 0 unspecified atom stereocenters. The Morgan fingerprint density at radius 2 is 2.10 bits per heavy atom. The molecule has 0 radical (unpaired) electrons. The van der Waals surface area contributed by atoms with Gasteiger partial charge in [-0.15, -0.1) is 0 Å². The van der Waals surface area contributed by atoms with Crippen LogP contribution in [0.4, 0.5) is 5.69 Å². The Labute approximate surface area is 116 Å². The number of imidazole rings is 1. The summed E-state index contributed by atoms with van der Waals surface area (Å²) in [6.45, 7) is 2.06. The Hall–Kier alpha value is -2.62. The molecule has 3 heterocycles.